The van der Waals surface area contributed by atoms with E-state index in [0.717, 1.165) is 18.5 Å². The fraction of sp³-hybridized carbons (Fsp3) is 0.308. The fourth-order valence-electron chi connectivity index (χ4n) is 1.65. The molecule has 2 rings (SSSR count). The van der Waals surface area contributed by atoms with Gasteiger partial charge < -0.3 is 9.32 Å². The number of hydrogen-bond donors (Lipinski definition) is 0. The van der Waals surface area contributed by atoms with Gasteiger partial charge in [0.05, 0.1) is 12.5 Å². The van der Waals surface area contributed by atoms with E-state index in [0.29, 0.717) is 6.54 Å². The fourth-order valence-corrected chi connectivity index (χ4v) is 2.35. The van der Waals surface area contributed by atoms with E-state index in [1.54, 1.807) is 30.8 Å². The molecule has 2 aromatic rings. The van der Waals surface area contributed by atoms with Gasteiger partial charge in [0.1, 0.15) is 0 Å². The summed E-state index contributed by atoms with van der Waals surface area (Å²) < 4.78 is 5.01. The predicted octanol–water partition coefficient (Wildman–Crippen LogP) is 2.93. The molecule has 2 aromatic heterocycles. The summed E-state index contributed by atoms with van der Waals surface area (Å²) in [6.07, 6.45) is 4.23. The minimum Gasteiger partial charge on any atom is -0.472 e. The summed E-state index contributed by atoms with van der Waals surface area (Å²) in [6.45, 7) is 2.98. The maximum absolute atomic E-state index is 11.5. The zero-order valence-electron chi connectivity index (χ0n) is 9.76. The third kappa shape index (κ3) is 3.46. The van der Waals surface area contributed by atoms with Crippen LogP contribution in [0.3, 0.4) is 0 Å². The van der Waals surface area contributed by atoms with Gasteiger partial charge >= 0.3 is 0 Å². The lowest BCUT2D eigenvalue weighted by Crippen LogP contribution is -2.30. The van der Waals surface area contributed by atoms with Crippen molar-refractivity contribution < 1.29 is 9.21 Å². The summed E-state index contributed by atoms with van der Waals surface area (Å²) in [4.78, 5) is 14.7. The van der Waals surface area contributed by atoms with E-state index in [9.17, 15) is 4.79 Å². The van der Waals surface area contributed by atoms with Crippen molar-refractivity contribution in [3.63, 3.8) is 0 Å². The second kappa shape index (κ2) is 5.68. The van der Waals surface area contributed by atoms with E-state index in [-0.39, 0.29) is 5.91 Å². The van der Waals surface area contributed by atoms with Crippen LogP contribution in [0.2, 0.25) is 0 Å². The van der Waals surface area contributed by atoms with Crippen molar-refractivity contribution in [2.45, 2.75) is 19.9 Å². The van der Waals surface area contributed by atoms with Crippen LogP contribution in [-0.4, -0.2) is 17.4 Å². The number of nitrogens with zero attached hydrogens (tertiary/aromatic N) is 1. The van der Waals surface area contributed by atoms with Gasteiger partial charge in [-0.25, -0.2) is 0 Å². The Kier molecular flexibility index (Phi) is 3.98. The molecule has 3 nitrogen and oxygen atoms in total. The topological polar surface area (TPSA) is 33.5 Å². The van der Waals surface area contributed by atoms with Crippen molar-refractivity contribution in [1.82, 2.24) is 4.90 Å². The molecule has 0 N–H and O–H groups in total. The van der Waals surface area contributed by atoms with Crippen LogP contribution in [0.15, 0.2) is 40.5 Å². The van der Waals surface area contributed by atoms with Gasteiger partial charge in [-0.1, -0.05) is 6.07 Å². The van der Waals surface area contributed by atoms with E-state index in [4.69, 9.17) is 4.42 Å². The standard InChI is InChI=1S/C13H15NO2S/c1-11(15)14(9-12-5-7-16-10-12)6-4-13-3-2-8-17-13/h2-3,5,7-8,10H,4,6,9H2,1H3. The van der Waals surface area contributed by atoms with Crippen molar-refractivity contribution >= 4 is 17.2 Å². The largest absolute Gasteiger partial charge is 0.472 e. The normalized spacial score (nSPS) is 10.4. The van der Waals surface area contributed by atoms with Gasteiger partial charge in [-0.05, 0) is 23.9 Å². The summed E-state index contributed by atoms with van der Waals surface area (Å²) >= 11 is 1.73. The van der Waals surface area contributed by atoms with Crippen molar-refractivity contribution in [2.75, 3.05) is 6.54 Å². The lowest BCUT2D eigenvalue weighted by Gasteiger charge is -2.19. The third-order valence-electron chi connectivity index (χ3n) is 2.61. The number of furan rings is 1. The molecule has 0 spiro atoms. The van der Waals surface area contributed by atoms with Crippen LogP contribution in [-0.2, 0) is 17.8 Å². The van der Waals surface area contributed by atoms with Gasteiger partial charge in [0, 0.05) is 30.5 Å². The van der Waals surface area contributed by atoms with Gasteiger partial charge in [0.15, 0.2) is 0 Å². The highest BCUT2D eigenvalue weighted by Crippen LogP contribution is 2.11. The number of rotatable bonds is 5. The first-order chi connectivity index (χ1) is 8.25. The van der Waals surface area contributed by atoms with Gasteiger partial charge in [-0.15, -0.1) is 11.3 Å². The van der Waals surface area contributed by atoms with E-state index < -0.39 is 0 Å². The first-order valence-electron chi connectivity index (χ1n) is 5.54. The molecule has 0 aliphatic heterocycles. The quantitative estimate of drug-likeness (QED) is 0.816. The number of hydrogen-bond acceptors (Lipinski definition) is 3. The van der Waals surface area contributed by atoms with Gasteiger partial charge in [0.2, 0.25) is 5.91 Å². The van der Waals surface area contributed by atoms with Gasteiger partial charge in [0.25, 0.3) is 0 Å². The number of carbonyl (C=O) groups excluding carboxylic acids is 1. The molecule has 0 atom stereocenters. The highest BCUT2D eigenvalue weighted by molar-refractivity contribution is 7.09. The van der Waals surface area contributed by atoms with Crippen LogP contribution in [0.1, 0.15) is 17.4 Å². The Balaban J connectivity index is 1.91. The Hall–Kier alpha value is -1.55. The van der Waals surface area contributed by atoms with Crippen molar-refractivity contribution in [2.24, 2.45) is 0 Å². The van der Waals surface area contributed by atoms with Crippen LogP contribution >= 0.6 is 11.3 Å². The van der Waals surface area contributed by atoms with E-state index in [2.05, 4.69) is 11.4 Å². The van der Waals surface area contributed by atoms with Crippen LogP contribution < -0.4 is 0 Å². The highest BCUT2D eigenvalue weighted by atomic mass is 32.1. The monoisotopic (exact) mass is 249 g/mol. The average molecular weight is 249 g/mol. The van der Waals surface area contributed by atoms with Gasteiger partial charge in [-0.3, -0.25) is 4.79 Å². The summed E-state index contributed by atoms with van der Waals surface area (Å²) in [5, 5.41) is 2.06. The summed E-state index contributed by atoms with van der Waals surface area (Å²) in [5.74, 6) is 0.0998. The Morgan fingerprint density at radius 3 is 2.94 bits per heavy atom. The molecule has 0 aliphatic carbocycles. The molecule has 0 unspecified atom stereocenters. The number of carbonyl (C=O) groups is 1. The van der Waals surface area contributed by atoms with Crippen LogP contribution in [0.4, 0.5) is 0 Å². The predicted molar refractivity (Wildman–Crippen MR) is 67.8 cm³/mol. The van der Waals surface area contributed by atoms with Crippen molar-refractivity contribution in [1.29, 1.82) is 0 Å². The van der Waals surface area contributed by atoms with Gasteiger partial charge in [-0.2, -0.15) is 0 Å². The van der Waals surface area contributed by atoms with Crippen LogP contribution in [0.5, 0.6) is 0 Å². The molecule has 0 aliphatic rings. The van der Waals surface area contributed by atoms with Crippen molar-refractivity contribution in [3.05, 3.63) is 46.5 Å². The van der Waals surface area contributed by atoms with Crippen LogP contribution in [0, 0.1) is 0 Å². The molecule has 1 amide bonds. The Bertz CT molecular complexity index is 448. The molecule has 2 heterocycles. The van der Waals surface area contributed by atoms with E-state index in [1.165, 1.54) is 4.88 Å². The zero-order chi connectivity index (χ0) is 12.1. The molecule has 0 aromatic carbocycles. The smallest absolute Gasteiger partial charge is 0.219 e. The van der Waals surface area contributed by atoms with E-state index >= 15 is 0 Å². The average Bonchev–Trinajstić information content (AvgIpc) is 2.97. The molecule has 0 saturated heterocycles. The molecule has 0 fully saturated rings. The molecule has 90 valence electrons. The highest BCUT2D eigenvalue weighted by Gasteiger charge is 2.10. The second-order valence-corrected chi connectivity index (χ2v) is 4.93. The first-order valence-corrected chi connectivity index (χ1v) is 6.42. The Labute approximate surface area is 105 Å². The van der Waals surface area contributed by atoms with E-state index in [1.807, 2.05) is 17.0 Å². The number of amides is 1. The summed E-state index contributed by atoms with van der Waals surface area (Å²) in [7, 11) is 0. The third-order valence-corrected chi connectivity index (χ3v) is 3.54. The molecular weight excluding hydrogens is 234 g/mol. The zero-order valence-corrected chi connectivity index (χ0v) is 10.6. The minimum absolute atomic E-state index is 0.0998. The summed E-state index contributed by atoms with van der Waals surface area (Å²) in [6, 6.07) is 6.02. The maximum Gasteiger partial charge on any atom is 0.219 e. The maximum atomic E-state index is 11.5. The number of thiophene rings is 1. The molecule has 17 heavy (non-hydrogen) atoms. The molecule has 0 saturated carbocycles. The molecule has 0 bridgehead atoms. The minimum atomic E-state index is 0.0998. The summed E-state index contributed by atoms with van der Waals surface area (Å²) in [5.41, 5.74) is 1.03. The molecule has 4 heteroatoms. The molecule has 0 radical (unpaired) electrons. The SMILES string of the molecule is CC(=O)N(CCc1cccs1)Cc1ccoc1. The lowest BCUT2D eigenvalue weighted by molar-refractivity contribution is -0.129. The lowest BCUT2D eigenvalue weighted by atomic mass is 10.2. The Morgan fingerprint density at radius 1 is 1.47 bits per heavy atom. The van der Waals surface area contributed by atoms with Crippen molar-refractivity contribution in [3.8, 4) is 0 Å². The first kappa shape index (κ1) is 11.9. The Morgan fingerprint density at radius 2 is 2.35 bits per heavy atom. The molecular formula is C13H15NO2S. The second-order valence-electron chi connectivity index (χ2n) is 3.90. The van der Waals surface area contributed by atoms with Crippen LogP contribution in [0.25, 0.3) is 0 Å².